The number of carbonyl (C=O) groups excluding carboxylic acids is 1. The first kappa shape index (κ1) is 15.4. The molecule has 3 aromatic rings. The molecule has 0 spiro atoms. The van der Waals surface area contributed by atoms with E-state index in [1.807, 2.05) is 36.4 Å². The Morgan fingerprint density at radius 2 is 2.00 bits per heavy atom. The third-order valence-electron chi connectivity index (χ3n) is 3.34. The van der Waals surface area contributed by atoms with Gasteiger partial charge in [0.05, 0.1) is 11.6 Å². The van der Waals surface area contributed by atoms with E-state index in [0.717, 1.165) is 5.56 Å². The summed E-state index contributed by atoms with van der Waals surface area (Å²) in [5, 5.41) is 15.5. The number of aromatic nitrogens is 2. The molecule has 1 N–H and O–H groups in total. The predicted molar refractivity (Wildman–Crippen MR) is 87.8 cm³/mol. The van der Waals surface area contributed by atoms with Gasteiger partial charge < -0.3 is 9.84 Å². The van der Waals surface area contributed by atoms with Gasteiger partial charge in [0.2, 0.25) is 17.6 Å². The number of nitrogens with one attached hydrogen (secondary N) is 1. The average Bonchev–Trinajstić information content (AvgIpc) is 3.10. The number of benzene rings is 2. The number of hydrogen-bond donors (Lipinski definition) is 1. The molecule has 0 fully saturated rings. The summed E-state index contributed by atoms with van der Waals surface area (Å²) in [5.41, 5.74) is 1.96. The molecule has 0 aliphatic carbocycles. The molecule has 118 valence electrons. The topological polar surface area (TPSA) is 91.8 Å². The van der Waals surface area contributed by atoms with Gasteiger partial charge in [0, 0.05) is 24.1 Å². The maximum atomic E-state index is 12.0. The SMILES string of the molecule is N#Cc1cccc(NC(=O)CCc2nc(-c3ccccc3)no2)c1. The van der Waals surface area contributed by atoms with Crippen molar-refractivity contribution in [3.63, 3.8) is 0 Å². The van der Waals surface area contributed by atoms with Gasteiger partial charge in [-0.2, -0.15) is 10.2 Å². The Morgan fingerprint density at radius 1 is 1.17 bits per heavy atom. The Labute approximate surface area is 138 Å². The van der Waals surface area contributed by atoms with E-state index in [1.54, 1.807) is 24.3 Å². The number of carbonyl (C=O) groups is 1. The fourth-order valence-electron chi connectivity index (χ4n) is 2.17. The van der Waals surface area contributed by atoms with Crippen molar-refractivity contribution in [2.75, 3.05) is 5.32 Å². The average molecular weight is 318 g/mol. The van der Waals surface area contributed by atoms with Crippen LogP contribution >= 0.6 is 0 Å². The molecule has 6 nitrogen and oxygen atoms in total. The summed E-state index contributed by atoms with van der Waals surface area (Å²) in [6, 6.07) is 18.3. The summed E-state index contributed by atoms with van der Waals surface area (Å²) >= 11 is 0. The fraction of sp³-hybridized carbons (Fsp3) is 0.111. The number of amides is 1. The standard InChI is InChI=1S/C18H14N4O2/c19-12-13-5-4-8-15(11-13)20-16(23)9-10-17-21-18(22-24-17)14-6-2-1-3-7-14/h1-8,11H,9-10H2,(H,20,23). The molecule has 0 aliphatic rings. The maximum absolute atomic E-state index is 12.0. The minimum absolute atomic E-state index is 0.176. The Morgan fingerprint density at radius 3 is 2.79 bits per heavy atom. The number of nitrogens with zero attached hydrogens (tertiary/aromatic N) is 3. The van der Waals surface area contributed by atoms with Crippen molar-refractivity contribution in [3.05, 3.63) is 66.1 Å². The van der Waals surface area contributed by atoms with Gasteiger partial charge in [-0.05, 0) is 18.2 Å². The van der Waals surface area contributed by atoms with E-state index in [-0.39, 0.29) is 12.3 Å². The van der Waals surface area contributed by atoms with Gasteiger partial charge in [0.15, 0.2) is 0 Å². The summed E-state index contributed by atoms with van der Waals surface area (Å²) in [4.78, 5) is 16.3. The molecule has 0 saturated carbocycles. The second kappa shape index (κ2) is 7.20. The van der Waals surface area contributed by atoms with E-state index < -0.39 is 0 Å². The number of aryl methyl sites for hydroxylation is 1. The summed E-state index contributed by atoms with van der Waals surface area (Å²) < 4.78 is 5.17. The highest BCUT2D eigenvalue weighted by Crippen LogP contribution is 2.16. The predicted octanol–water partition coefficient (Wildman–Crippen LogP) is 3.18. The molecular weight excluding hydrogens is 304 g/mol. The zero-order valence-corrected chi connectivity index (χ0v) is 12.8. The lowest BCUT2D eigenvalue weighted by molar-refractivity contribution is -0.116. The Hall–Kier alpha value is -3.46. The number of hydrogen-bond acceptors (Lipinski definition) is 5. The number of rotatable bonds is 5. The van der Waals surface area contributed by atoms with Crippen molar-refractivity contribution < 1.29 is 9.32 Å². The third-order valence-corrected chi connectivity index (χ3v) is 3.34. The van der Waals surface area contributed by atoms with Crippen LogP contribution in [0.1, 0.15) is 17.9 Å². The van der Waals surface area contributed by atoms with E-state index in [2.05, 4.69) is 15.5 Å². The van der Waals surface area contributed by atoms with Crippen molar-refractivity contribution >= 4 is 11.6 Å². The Bertz CT molecular complexity index is 881. The first-order valence-electron chi connectivity index (χ1n) is 7.42. The second-order valence-electron chi connectivity index (χ2n) is 5.12. The highest BCUT2D eigenvalue weighted by Gasteiger charge is 2.10. The molecule has 1 amide bonds. The molecule has 2 aromatic carbocycles. The first-order valence-corrected chi connectivity index (χ1v) is 7.42. The third kappa shape index (κ3) is 3.84. The lowest BCUT2D eigenvalue weighted by atomic mass is 10.2. The highest BCUT2D eigenvalue weighted by atomic mass is 16.5. The van der Waals surface area contributed by atoms with Crippen LogP contribution in [0.3, 0.4) is 0 Å². The van der Waals surface area contributed by atoms with Crippen molar-refractivity contribution in [3.8, 4) is 17.5 Å². The molecule has 1 aromatic heterocycles. The van der Waals surface area contributed by atoms with Crippen molar-refractivity contribution in [2.24, 2.45) is 0 Å². The summed E-state index contributed by atoms with van der Waals surface area (Å²) in [5.74, 6) is 0.743. The smallest absolute Gasteiger partial charge is 0.227 e. The van der Waals surface area contributed by atoms with Gasteiger partial charge in [-0.15, -0.1) is 0 Å². The van der Waals surface area contributed by atoms with Gasteiger partial charge in [-0.25, -0.2) is 0 Å². The molecule has 0 radical (unpaired) electrons. The Kier molecular flexibility index (Phi) is 4.63. The van der Waals surface area contributed by atoms with Crippen LogP contribution in [0, 0.1) is 11.3 Å². The quantitative estimate of drug-likeness (QED) is 0.780. The zero-order valence-electron chi connectivity index (χ0n) is 12.8. The molecule has 6 heteroatoms. The van der Waals surface area contributed by atoms with Crippen LogP contribution in [0.25, 0.3) is 11.4 Å². The lowest BCUT2D eigenvalue weighted by Gasteiger charge is -2.04. The van der Waals surface area contributed by atoms with Crippen LogP contribution in [0.5, 0.6) is 0 Å². The van der Waals surface area contributed by atoms with Crippen LogP contribution in [-0.4, -0.2) is 16.0 Å². The van der Waals surface area contributed by atoms with E-state index in [9.17, 15) is 4.79 Å². The number of anilines is 1. The van der Waals surface area contributed by atoms with E-state index >= 15 is 0 Å². The van der Waals surface area contributed by atoms with Crippen molar-refractivity contribution in [2.45, 2.75) is 12.8 Å². The van der Waals surface area contributed by atoms with Gasteiger partial charge in [-0.1, -0.05) is 41.6 Å². The summed E-state index contributed by atoms with van der Waals surface area (Å²) in [7, 11) is 0. The van der Waals surface area contributed by atoms with Gasteiger partial charge >= 0.3 is 0 Å². The monoisotopic (exact) mass is 318 g/mol. The Balaban J connectivity index is 1.57. The van der Waals surface area contributed by atoms with Crippen LogP contribution in [0.15, 0.2) is 59.1 Å². The molecule has 0 atom stereocenters. The van der Waals surface area contributed by atoms with Crippen molar-refractivity contribution in [1.82, 2.24) is 10.1 Å². The molecule has 0 bridgehead atoms. The highest BCUT2D eigenvalue weighted by molar-refractivity contribution is 5.90. The van der Waals surface area contributed by atoms with Gasteiger partial charge in [-0.3, -0.25) is 4.79 Å². The largest absolute Gasteiger partial charge is 0.339 e. The van der Waals surface area contributed by atoms with Crippen LogP contribution in [0.4, 0.5) is 5.69 Å². The number of nitriles is 1. The maximum Gasteiger partial charge on any atom is 0.227 e. The van der Waals surface area contributed by atoms with Gasteiger partial charge in [0.1, 0.15) is 0 Å². The lowest BCUT2D eigenvalue weighted by Crippen LogP contribution is -2.12. The van der Waals surface area contributed by atoms with Crippen molar-refractivity contribution in [1.29, 1.82) is 5.26 Å². The summed E-state index contributed by atoms with van der Waals surface area (Å²) in [6.45, 7) is 0. The molecule has 0 unspecified atom stereocenters. The first-order chi connectivity index (χ1) is 11.7. The molecular formula is C18H14N4O2. The fourth-order valence-corrected chi connectivity index (χ4v) is 2.17. The van der Waals surface area contributed by atoms with E-state index in [4.69, 9.17) is 9.78 Å². The molecule has 24 heavy (non-hydrogen) atoms. The van der Waals surface area contributed by atoms with Gasteiger partial charge in [0.25, 0.3) is 0 Å². The molecule has 3 rings (SSSR count). The van der Waals surface area contributed by atoms with Crippen LogP contribution in [0.2, 0.25) is 0 Å². The minimum Gasteiger partial charge on any atom is -0.339 e. The minimum atomic E-state index is -0.176. The van der Waals surface area contributed by atoms with Crippen LogP contribution < -0.4 is 5.32 Å². The normalized spacial score (nSPS) is 10.1. The summed E-state index contributed by atoms with van der Waals surface area (Å²) in [6.07, 6.45) is 0.566. The zero-order chi connectivity index (χ0) is 16.8. The molecule has 1 heterocycles. The molecule has 0 aliphatic heterocycles. The van der Waals surface area contributed by atoms with Crippen LogP contribution in [-0.2, 0) is 11.2 Å². The molecule has 0 saturated heterocycles. The van der Waals surface area contributed by atoms with E-state index in [1.165, 1.54) is 0 Å². The van der Waals surface area contributed by atoms with E-state index in [0.29, 0.717) is 29.4 Å². The second-order valence-corrected chi connectivity index (χ2v) is 5.12.